The van der Waals surface area contributed by atoms with E-state index in [1.165, 1.54) is 0 Å². The molecule has 12 radical (unpaired) electrons. The topological polar surface area (TPSA) is 3.24 Å². The van der Waals surface area contributed by atoms with Crippen LogP contribution in [0, 0.1) is 0 Å². The summed E-state index contributed by atoms with van der Waals surface area (Å²) in [4.78, 5) is 1.89. The molecular formula is C14H11B6N. The summed E-state index contributed by atoms with van der Waals surface area (Å²) < 4.78 is 0. The molecular weight excluding hydrogens is 247 g/mol. The van der Waals surface area contributed by atoms with Gasteiger partial charge in [-0.05, 0) is 17.8 Å². The molecule has 0 N–H and O–H groups in total. The maximum Gasteiger partial charge on any atom is 0.116 e. The van der Waals surface area contributed by atoms with Gasteiger partial charge in [-0.2, -0.15) is 0 Å². The lowest BCUT2D eigenvalue weighted by atomic mass is 9.66. The van der Waals surface area contributed by atoms with E-state index in [9.17, 15) is 0 Å². The number of benzene rings is 1. The quantitative estimate of drug-likeness (QED) is 0.535. The van der Waals surface area contributed by atoms with Crippen LogP contribution in [0.5, 0.6) is 0 Å². The average Bonchev–Trinajstić information content (AvgIpc) is 2.44. The van der Waals surface area contributed by atoms with Crippen LogP contribution in [-0.4, -0.2) is 60.7 Å². The van der Waals surface area contributed by atoms with Crippen LogP contribution < -0.4 is 15.8 Å². The Hall–Kier alpha value is -1.11. The number of hydrogen-bond donors (Lipinski definition) is 0. The van der Waals surface area contributed by atoms with Gasteiger partial charge >= 0.3 is 0 Å². The minimum atomic E-state index is -0.323. The van der Waals surface area contributed by atoms with E-state index < -0.39 is 0 Å². The van der Waals surface area contributed by atoms with Gasteiger partial charge in [0.25, 0.3) is 0 Å². The Kier molecular flexibility index (Phi) is 4.91. The summed E-state index contributed by atoms with van der Waals surface area (Å²) in [5, 5.41) is 0. The number of likely N-dealkylation sites (N-methyl/N-ethyl adjacent to an activating group) is 1. The monoisotopic (exact) mass is 259 g/mol. The summed E-state index contributed by atoms with van der Waals surface area (Å²) in [7, 11) is 38.2. The van der Waals surface area contributed by atoms with E-state index in [-0.39, 0.29) is 5.82 Å². The van der Waals surface area contributed by atoms with Crippen molar-refractivity contribution in [1.82, 2.24) is 0 Å². The van der Waals surface area contributed by atoms with Gasteiger partial charge in [0.05, 0.1) is 7.85 Å². The number of hydrogen-bond acceptors (Lipinski definition) is 1. The lowest BCUT2D eigenvalue weighted by molar-refractivity contribution is 0.926. The second kappa shape index (κ2) is 6.34. The first-order chi connectivity index (χ1) is 9.82. The second-order valence-corrected chi connectivity index (χ2v) is 5.30. The molecule has 0 spiro atoms. The Morgan fingerprint density at radius 2 is 1.67 bits per heavy atom. The summed E-state index contributed by atoms with van der Waals surface area (Å²) in [6.07, 6.45) is 2.26. The van der Waals surface area contributed by atoms with Crippen molar-refractivity contribution >= 4 is 63.7 Å². The Morgan fingerprint density at radius 3 is 2.33 bits per heavy atom. The molecule has 0 fully saturated rings. The largest absolute Gasteiger partial charge is 0.372 e. The van der Waals surface area contributed by atoms with Crippen LogP contribution in [0.15, 0.2) is 34.6 Å². The smallest absolute Gasteiger partial charge is 0.116 e. The second-order valence-electron chi connectivity index (χ2n) is 5.30. The van der Waals surface area contributed by atoms with E-state index in [0.717, 1.165) is 11.3 Å². The minimum Gasteiger partial charge on any atom is -0.372 e. The zero-order valence-corrected chi connectivity index (χ0v) is 12.1. The highest BCUT2D eigenvalue weighted by Crippen LogP contribution is 2.27. The first kappa shape index (κ1) is 16.3. The van der Waals surface area contributed by atoms with E-state index in [2.05, 4.69) is 0 Å². The van der Waals surface area contributed by atoms with Crippen molar-refractivity contribution < 1.29 is 0 Å². The molecule has 0 saturated carbocycles. The third-order valence-electron chi connectivity index (χ3n) is 3.69. The summed E-state index contributed by atoms with van der Waals surface area (Å²) in [6.45, 7) is 0.383. The lowest BCUT2D eigenvalue weighted by Crippen LogP contribution is -2.33. The fourth-order valence-electron chi connectivity index (χ4n) is 2.54. The molecule has 1 aliphatic heterocycles. The summed E-state index contributed by atoms with van der Waals surface area (Å²) in [6, 6.07) is 3.52. The van der Waals surface area contributed by atoms with Gasteiger partial charge in [-0.15, -0.1) is 16.4 Å². The van der Waals surface area contributed by atoms with Crippen molar-refractivity contribution in [2.75, 3.05) is 18.5 Å². The van der Waals surface area contributed by atoms with Gasteiger partial charge in [-0.1, -0.05) is 29.1 Å². The normalized spacial score (nSPS) is 20.0. The fraction of sp³-hybridized carbons (Fsp3) is 0.286. The van der Waals surface area contributed by atoms with Gasteiger partial charge in [0.15, 0.2) is 0 Å². The molecule has 1 aliphatic rings. The summed E-state index contributed by atoms with van der Waals surface area (Å²) in [5.74, 6) is -0.323. The van der Waals surface area contributed by atoms with Crippen LogP contribution in [0.25, 0.3) is 0 Å². The predicted octanol–water partition coefficient (Wildman–Crippen LogP) is -1.08. The molecule has 0 aliphatic carbocycles. The van der Waals surface area contributed by atoms with Crippen molar-refractivity contribution in [2.45, 2.75) is 12.2 Å². The number of nitrogens with zero attached hydrogens (tertiary/aromatic N) is 1. The Balaban J connectivity index is 2.65. The predicted molar refractivity (Wildman–Crippen MR) is 96.0 cm³/mol. The molecule has 0 aromatic heterocycles. The molecule has 0 saturated heterocycles. The Morgan fingerprint density at radius 1 is 1.05 bits per heavy atom. The van der Waals surface area contributed by atoms with Crippen LogP contribution in [0.4, 0.5) is 5.69 Å². The van der Waals surface area contributed by atoms with Crippen molar-refractivity contribution in [2.24, 2.45) is 0 Å². The van der Waals surface area contributed by atoms with Crippen LogP contribution in [0.1, 0.15) is 17.8 Å². The molecule has 1 aromatic carbocycles. The molecule has 7 heteroatoms. The molecule has 1 atom stereocenters. The number of fused-ring (bicyclic) bond motifs is 1. The zero-order chi connectivity index (χ0) is 15.7. The molecule has 0 unspecified atom stereocenters. The first-order valence-electron chi connectivity index (χ1n) is 6.67. The van der Waals surface area contributed by atoms with Gasteiger partial charge in [0, 0.05) is 19.3 Å². The number of rotatable bonds is 0. The zero-order valence-electron chi connectivity index (χ0n) is 12.1. The maximum absolute atomic E-state index is 6.26. The van der Waals surface area contributed by atoms with E-state index >= 15 is 0 Å². The Bertz CT molecular complexity index is 622. The van der Waals surface area contributed by atoms with Crippen LogP contribution in [0.2, 0.25) is 0 Å². The molecule has 0 amide bonds. The van der Waals surface area contributed by atoms with E-state index in [1.54, 1.807) is 18.2 Å². The maximum atomic E-state index is 6.26. The molecule has 0 bridgehead atoms. The Labute approximate surface area is 135 Å². The third-order valence-corrected chi connectivity index (χ3v) is 3.69. The van der Waals surface area contributed by atoms with Crippen molar-refractivity contribution in [1.29, 1.82) is 0 Å². The summed E-state index contributed by atoms with van der Waals surface area (Å²) in [5.41, 5.74) is 4.07. The van der Waals surface area contributed by atoms with E-state index in [4.69, 9.17) is 47.1 Å². The summed E-state index contributed by atoms with van der Waals surface area (Å²) >= 11 is 0. The van der Waals surface area contributed by atoms with Crippen LogP contribution >= 0.6 is 0 Å². The van der Waals surface area contributed by atoms with Gasteiger partial charge < -0.3 is 4.90 Å². The highest BCUT2D eigenvalue weighted by atomic mass is 15.1. The minimum absolute atomic E-state index is 0.323. The standard InChI is InChI=1S/C14H11B6N/c1-21-6-11(19)13(20)9(17)4-2-7(15)12-8(16)3-5-10(18)14(12)21/h3-5,7H,2,6H2,1H3/t7-/m1/s1. The molecule has 1 heterocycles. The number of anilines is 1. The molecule has 1 aromatic rings. The highest BCUT2D eigenvalue weighted by Gasteiger charge is 2.18. The molecule has 2 rings (SSSR count). The number of allylic oxidation sites excluding steroid dienone is 3. The van der Waals surface area contributed by atoms with Crippen molar-refractivity contribution in [3.63, 3.8) is 0 Å². The highest BCUT2D eigenvalue weighted by molar-refractivity contribution is 6.42. The molecule has 21 heavy (non-hydrogen) atoms. The molecule has 90 valence electrons. The van der Waals surface area contributed by atoms with Crippen LogP contribution in [0.3, 0.4) is 0 Å². The lowest BCUT2D eigenvalue weighted by Gasteiger charge is -2.31. The molecule has 1 nitrogen and oxygen atoms in total. The van der Waals surface area contributed by atoms with E-state index in [0.29, 0.717) is 40.3 Å². The SMILES string of the molecule is [B]C1=CC[C@@H]([B])c2c([B])ccc([B])c2N(C)CC([B])=C1[B]. The third kappa shape index (κ3) is 3.22. The van der Waals surface area contributed by atoms with Crippen LogP contribution in [-0.2, 0) is 0 Å². The first-order valence-corrected chi connectivity index (χ1v) is 6.67. The van der Waals surface area contributed by atoms with Crippen molar-refractivity contribution in [3.8, 4) is 0 Å². The average molecular weight is 258 g/mol. The van der Waals surface area contributed by atoms with Crippen molar-refractivity contribution in [3.05, 3.63) is 40.2 Å². The van der Waals surface area contributed by atoms with E-state index in [1.807, 2.05) is 11.9 Å². The van der Waals surface area contributed by atoms with Gasteiger partial charge in [-0.25, -0.2) is 0 Å². The van der Waals surface area contributed by atoms with Gasteiger partial charge in [0.2, 0.25) is 0 Å². The van der Waals surface area contributed by atoms with Gasteiger partial charge in [-0.3, -0.25) is 0 Å². The fourth-order valence-corrected chi connectivity index (χ4v) is 2.54. The van der Waals surface area contributed by atoms with Gasteiger partial charge in [0.1, 0.15) is 39.2 Å².